The molecule has 92 valence electrons. The first-order valence-corrected chi connectivity index (χ1v) is 6.56. The molecule has 0 saturated carbocycles. The quantitative estimate of drug-likeness (QED) is 0.795. The highest BCUT2D eigenvalue weighted by Crippen LogP contribution is 2.21. The molecule has 1 fully saturated rings. The number of benzene rings is 1. The molecule has 0 radical (unpaired) electrons. The molecule has 0 aromatic heterocycles. The fourth-order valence-corrected chi connectivity index (χ4v) is 2.36. The molecule has 1 aromatic carbocycles. The number of carbonyl (C=O) groups is 1. The van der Waals surface area contributed by atoms with Crippen LogP contribution >= 0.6 is 15.9 Å². The molecule has 0 amide bonds. The highest BCUT2D eigenvalue weighted by molar-refractivity contribution is 9.10. The van der Waals surface area contributed by atoms with Gasteiger partial charge in [-0.2, -0.15) is 0 Å². The lowest BCUT2D eigenvalue weighted by atomic mass is 10.00. The molecule has 0 bridgehead atoms. The van der Waals surface area contributed by atoms with Crippen LogP contribution in [0.5, 0.6) is 0 Å². The number of rotatable bonds is 3. The van der Waals surface area contributed by atoms with E-state index >= 15 is 0 Å². The number of halogens is 2. The minimum atomic E-state index is -0.464. The lowest BCUT2D eigenvalue weighted by molar-refractivity contribution is 0.0128. The second kappa shape index (κ2) is 5.74. The van der Waals surface area contributed by atoms with Gasteiger partial charge in [0.05, 0.1) is 11.7 Å². The van der Waals surface area contributed by atoms with Gasteiger partial charge < -0.3 is 4.74 Å². The van der Waals surface area contributed by atoms with Crippen LogP contribution in [-0.4, -0.2) is 18.5 Å². The number of hydrogen-bond donors (Lipinski definition) is 0. The van der Waals surface area contributed by atoms with Gasteiger partial charge in [0, 0.05) is 17.5 Å². The van der Waals surface area contributed by atoms with E-state index < -0.39 is 5.82 Å². The Morgan fingerprint density at radius 2 is 2.29 bits per heavy atom. The third-order valence-electron chi connectivity index (χ3n) is 2.92. The fraction of sp³-hybridized carbons (Fsp3) is 0.462. The normalized spacial score (nSPS) is 20.2. The largest absolute Gasteiger partial charge is 0.378 e. The summed E-state index contributed by atoms with van der Waals surface area (Å²) in [4.78, 5) is 11.9. The molecule has 2 rings (SSSR count). The van der Waals surface area contributed by atoms with E-state index in [1.807, 2.05) is 0 Å². The standard InChI is InChI=1S/C13H14BrFO2/c14-9-4-5-12(15)11(7-9)13(16)8-10-3-1-2-6-17-10/h4-5,7,10H,1-3,6,8H2. The molecule has 1 atom stereocenters. The van der Waals surface area contributed by atoms with Crippen molar-refractivity contribution >= 4 is 21.7 Å². The molecule has 0 N–H and O–H groups in total. The maximum Gasteiger partial charge on any atom is 0.168 e. The molecule has 1 saturated heterocycles. The van der Waals surface area contributed by atoms with Crippen LogP contribution in [0, 0.1) is 5.82 Å². The Hall–Kier alpha value is -0.740. The Labute approximate surface area is 108 Å². The van der Waals surface area contributed by atoms with Crippen molar-refractivity contribution in [2.24, 2.45) is 0 Å². The average Bonchev–Trinajstić information content (AvgIpc) is 2.33. The molecule has 17 heavy (non-hydrogen) atoms. The Morgan fingerprint density at radius 3 is 3.00 bits per heavy atom. The topological polar surface area (TPSA) is 26.3 Å². The summed E-state index contributed by atoms with van der Waals surface area (Å²) < 4.78 is 19.7. The van der Waals surface area contributed by atoms with Crippen LogP contribution in [0.2, 0.25) is 0 Å². The first-order valence-electron chi connectivity index (χ1n) is 5.76. The second-order valence-electron chi connectivity index (χ2n) is 4.24. The molecular weight excluding hydrogens is 287 g/mol. The monoisotopic (exact) mass is 300 g/mol. The Morgan fingerprint density at radius 1 is 1.47 bits per heavy atom. The average molecular weight is 301 g/mol. The van der Waals surface area contributed by atoms with Crippen LogP contribution in [-0.2, 0) is 4.74 Å². The summed E-state index contributed by atoms with van der Waals surface area (Å²) in [5, 5.41) is 0. The van der Waals surface area contributed by atoms with Gasteiger partial charge in [0.2, 0.25) is 0 Å². The van der Waals surface area contributed by atoms with E-state index in [4.69, 9.17) is 4.74 Å². The first-order chi connectivity index (χ1) is 8.16. The van der Waals surface area contributed by atoms with E-state index in [1.54, 1.807) is 6.07 Å². The van der Waals surface area contributed by atoms with Crippen molar-refractivity contribution in [1.82, 2.24) is 0 Å². The van der Waals surface area contributed by atoms with E-state index in [2.05, 4.69) is 15.9 Å². The van der Waals surface area contributed by atoms with Crippen LogP contribution in [0.15, 0.2) is 22.7 Å². The predicted molar refractivity (Wildman–Crippen MR) is 66.6 cm³/mol. The molecule has 0 spiro atoms. The van der Waals surface area contributed by atoms with E-state index in [1.165, 1.54) is 12.1 Å². The summed E-state index contributed by atoms with van der Waals surface area (Å²) in [7, 11) is 0. The molecule has 1 heterocycles. The highest BCUT2D eigenvalue weighted by atomic mass is 79.9. The Bertz CT molecular complexity index is 414. The summed E-state index contributed by atoms with van der Waals surface area (Å²) in [6.07, 6.45) is 3.25. The van der Waals surface area contributed by atoms with E-state index in [-0.39, 0.29) is 23.9 Å². The summed E-state index contributed by atoms with van der Waals surface area (Å²) in [6, 6.07) is 4.42. The van der Waals surface area contributed by atoms with Gasteiger partial charge in [-0.15, -0.1) is 0 Å². The van der Waals surface area contributed by atoms with Crippen LogP contribution in [0.25, 0.3) is 0 Å². The van der Waals surface area contributed by atoms with Crippen molar-refractivity contribution in [3.05, 3.63) is 34.1 Å². The maximum absolute atomic E-state index is 13.5. The Kier molecular flexibility index (Phi) is 4.29. The SMILES string of the molecule is O=C(CC1CCCCO1)c1cc(Br)ccc1F. The van der Waals surface area contributed by atoms with Crippen molar-refractivity contribution in [3.63, 3.8) is 0 Å². The molecule has 0 aliphatic carbocycles. The summed E-state index contributed by atoms with van der Waals surface area (Å²) >= 11 is 3.24. The van der Waals surface area contributed by atoms with Gasteiger partial charge in [-0.3, -0.25) is 4.79 Å². The van der Waals surface area contributed by atoms with Crippen LogP contribution in [0.3, 0.4) is 0 Å². The van der Waals surface area contributed by atoms with E-state index in [0.717, 1.165) is 19.3 Å². The number of hydrogen-bond acceptors (Lipinski definition) is 2. The zero-order chi connectivity index (χ0) is 12.3. The Balaban J connectivity index is 2.05. The van der Waals surface area contributed by atoms with Gasteiger partial charge in [0.25, 0.3) is 0 Å². The van der Waals surface area contributed by atoms with Crippen LogP contribution in [0.1, 0.15) is 36.0 Å². The summed E-state index contributed by atoms with van der Waals surface area (Å²) in [5.41, 5.74) is 0.147. The maximum atomic E-state index is 13.5. The number of ketones is 1. The second-order valence-corrected chi connectivity index (χ2v) is 5.16. The van der Waals surface area contributed by atoms with Crippen LogP contribution in [0.4, 0.5) is 4.39 Å². The van der Waals surface area contributed by atoms with Crippen molar-refractivity contribution in [1.29, 1.82) is 0 Å². The fourth-order valence-electron chi connectivity index (χ4n) is 2.00. The summed E-state index contributed by atoms with van der Waals surface area (Å²) in [5.74, 6) is -0.648. The van der Waals surface area contributed by atoms with Gasteiger partial charge in [0.1, 0.15) is 5.82 Å². The van der Waals surface area contributed by atoms with Crippen LogP contribution < -0.4 is 0 Å². The number of carbonyl (C=O) groups excluding carboxylic acids is 1. The molecule has 2 nitrogen and oxygen atoms in total. The number of ether oxygens (including phenoxy) is 1. The summed E-state index contributed by atoms with van der Waals surface area (Å²) in [6.45, 7) is 0.707. The minimum Gasteiger partial charge on any atom is -0.378 e. The highest BCUT2D eigenvalue weighted by Gasteiger charge is 2.20. The van der Waals surface area contributed by atoms with E-state index in [9.17, 15) is 9.18 Å². The van der Waals surface area contributed by atoms with E-state index in [0.29, 0.717) is 11.1 Å². The molecule has 1 aromatic rings. The zero-order valence-electron chi connectivity index (χ0n) is 9.42. The lowest BCUT2D eigenvalue weighted by Crippen LogP contribution is -2.22. The minimum absolute atomic E-state index is 0.0466. The molecular formula is C13H14BrFO2. The molecule has 1 unspecified atom stereocenters. The lowest BCUT2D eigenvalue weighted by Gasteiger charge is -2.21. The first kappa shape index (κ1) is 12.7. The van der Waals surface area contributed by atoms with Gasteiger partial charge >= 0.3 is 0 Å². The van der Waals surface area contributed by atoms with Crippen molar-refractivity contribution in [2.75, 3.05) is 6.61 Å². The predicted octanol–water partition coefficient (Wildman–Crippen LogP) is 3.73. The molecule has 1 aliphatic heterocycles. The smallest absolute Gasteiger partial charge is 0.168 e. The van der Waals surface area contributed by atoms with Gasteiger partial charge in [-0.25, -0.2) is 4.39 Å². The third-order valence-corrected chi connectivity index (χ3v) is 3.41. The van der Waals surface area contributed by atoms with Gasteiger partial charge in [0.15, 0.2) is 5.78 Å². The molecule has 4 heteroatoms. The van der Waals surface area contributed by atoms with Gasteiger partial charge in [-0.05, 0) is 37.5 Å². The zero-order valence-corrected chi connectivity index (χ0v) is 11.0. The number of Topliss-reactive ketones (excluding diaryl/α,β-unsaturated/α-hetero) is 1. The van der Waals surface area contributed by atoms with Gasteiger partial charge in [-0.1, -0.05) is 15.9 Å². The van der Waals surface area contributed by atoms with Crippen molar-refractivity contribution < 1.29 is 13.9 Å². The van der Waals surface area contributed by atoms with Crippen molar-refractivity contribution in [2.45, 2.75) is 31.8 Å². The molecule has 1 aliphatic rings. The third kappa shape index (κ3) is 3.36. The van der Waals surface area contributed by atoms with Crippen molar-refractivity contribution in [3.8, 4) is 0 Å².